The molecule has 0 heterocycles. The van der Waals surface area contributed by atoms with E-state index in [1.165, 1.54) is 5.56 Å². The van der Waals surface area contributed by atoms with Crippen LogP contribution in [0.4, 0.5) is 0 Å². The van der Waals surface area contributed by atoms with Gasteiger partial charge in [-0.05, 0) is 5.56 Å². The van der Waals surface area contributed by atoms with Crippen LogP contribution >= 0.6 is 29.1 Å². The van der Waals surface area contributed by atoms with Gasteiger partial charge in [-0.15, -0.1) is 10.2 Å². The monoisotopic (exact) mass is 292 g/mol. The van der Waals surface area contributed by atoms with Gasteiger partial charge in [0.1, 0.15) is 28.6 Å². The number of halogens is 3. The van der Waals surface area contributed by atoms with E-state index in [2.05, 4.69) is 0 Å². The lowest BCUT2D eigenvalue weighted by molar-refractivity contribution is -2.00. The van der Waals surface area contributed by atoms with Crippen molar-refractivity contribution < 1.29 is 28.9 Å². The second-order valence-corrected chi connectivity index (χ2v) is 7.48. The maximum Gasteiger partial charge on any atom is 0.203 e. The van der Waals surface area contributed by atoms with Crippen LogP contribution in [0.15, 0.2) is 30.3 Å². The fourth-order valence-electron chi connectivity index (χ4n) is 0.750. The van der Waals surface area contributed by atoms with Gasteiger partial charge in [-0.25, -0.2) is 18.6 Å². The predicted octanol–water partition coefficient (Wildman–Crippen LogP) is -1.05. The lowest BCUT2D eigenvalue weighted by Gasteiger charge is -2.17. The molecule has 0 radical (unpaired) electrons. The second kappa shape index (κ2) is 7.60. The van der Waals surface area contributed by atoms with Gasteiger partial charge in [-0.3, -0.25) is 0 Å². The summed E-state index contributed by atoms with van der Waals surface area (Å²) in [5.74, 6) is 0. The molecule has 86 valence electrons. The molecule has 0 saturated heterocycles. The van der Waals surface area contributed by atoms with E-state index in [0.717, 1.165) is 6.16 Å². The van der Waals surface area contributed by atoms with Gasteiger partial charge >= 0.3 is 0 Å². The van der Waals surface area contributed by atoms with Crippen LogP contribution in [0.25, 0.3) is 0 Å². The molecule has 0 saturated carbocycles. The zero-order valence-corrected chi connectivity index (χ0v) is 10.6. The molecule has 15 heavy (non-hydrogen) atoms. The van der Waals surface area contributed by atoms with Crippen LogP contribution in [0.2, 0.25) is 0 Å². The van der Waals surface area contributed by atoms with Gasteiger partial charge in [0.25, 0.3) is 0 Å². The van der Waals surface area contributed by atoms with E-state index in [-0.39, 0.29) is 0 Å². The quantitative estimate of drug-likeness (QED) is 0.651. The first-order valence-corrected chi connectivity index (χ1v) is 8.58. The summed E-state index contributed by atoms with van der Waals surface area (Å²) in [4.78, 5) is 0. The number of hydrogen-bond donors (Lipinski definition) is 0. The molecule has 0 aliphatic heterocycles. The fraction of sp³-hybridized carbons (Fsp3) is 0.143. The molecule has 1 rings (SSSR count). The first-order chi connectivity index (χ1) is 6.79. The zero-order valence-electron chi connectivity index (χ0n) is 7.36. The van der Waals surface area contributed by atoms with Crippen molar-refractivity contribution in [3.8, 4) is 0 Å². The summed E-state index contributed by atoms with van der Waals surface area (Å²) in [6, 6.07) is 10.0. The van der Waals surface area contributed by atoms with Crippen molar-refractivity contribution in [2.75, 3.05) is 0 Å². The van der Waals surface area contributed by atoms with Crippen LogP contribution < -0.4 is 18.6 Å². The molecular weight excluding hydrogens is 285 g/mol. The highest BCUT2D eigenvalue weighted by atomic mass is 35.9. The molecule has 0 unspecified atom stereocenters. The summed E-state index contributed by atoms with van der Waals surface area (Å²) in [5, 5.41) is 0. The summed E-state index contributed by atoms with van der Waals surface area (Å²) in [6.07, 6.45) is 0.828. The maximum absolute atomic E-state index is 8.49. The Kier molecular flexibility index (Phi) is 7.79. The average molecular weight is 293 g/mol. The van der Waals surface area contributed by atoms with Gasteiger partial charge < -0.3 is 0 Å². The second-order valence-electron chi connectivity index (χ2n) is 2.38. The van der Waals surface area contributed by atoms with E-state index in [9.17, 15) is 0 Å². The maximum atomic E-state index is 8.49. The number of benzene rings is 1. The van der Waals surface area contributed by atoms with Crippen LogP contribution in [-0.2, 0) is 6.16 Å². The smallest absolute Gasteiger partial charge is 0.203 e. The SMILES string of the molecule is Cl[PH+](Cl)Cc1ccccc1.[O-][Cl+3]([O-])([O-])[O-]. The van der Waals surface area contributed by atoms with Crippen LogP contribution in [0.3, 0.4) is 0 Å². The highest BCUT2D eigenvalue weighted by molar-refractivity contribution is 8.03. The Bertz CT molecular complexity index is 259. The zero-order chi connectivity index (χ0) is 11.9. The highest BCUT2D eigenvalue weighted by Crippen LogP contribution is 2.49. The van der Waals surface area contributed by atoms with Crippen molar-refractivity contribution in [2.45, 2.75) is 6.16 Å². The largest absolute Gasteiger partial charge is 0.222 e. The molecule has 0 aliphatic rings. The fourth-order valence-corrected chi connectivity index (χ4v) is 2.22. The van der Waals surface area contributed by atoms with E-state index in [4.69, 9.17) is 41.1 Å². The van der Waals surface area contributed by atoms with Gasteiger partial charge in [0, 0.05) is 0 Å². The molecule has 1 aromatic carbocycles. The van der Waals surface area contributed by atoms with Crippen LogP contribution in [0.1, 0.15) is 5.56 Å². The molecule has 0 atom stereocenters. The van der Waals surface area contributed by atoms with Crippen molar-refractivity contribution in [1.29, 1.82) is 0 Å². The average Bonchev–Trinajstić information content (AvgIpc) is 2.01. The molecule has 0 aliphatic carbocycles. The Morgan fingerprint density at radius 1 is 1.00 bits per heavy atom. The Hall–Kier alpha value is 0.360. The molecular formula is C7H8Cl3O4P. The minimum Gasteiger partial charge on any atom is -0.222 e. The van der Waals surface area contributed by atoms with Crippen LogP contribution in [0.5, 0.6) is 0 Å². The van der Waals surface area contributed by atoms with E-state index in [0.29, 0.717) is 0 Å². The molecule has 8 heteroatoms. The standard InChI is InChI=1S/C7H7Cl2P.ClHO4/c8-10(9)6-7-4-2-1-3-5-7;2-1(3,4)5/h1-5H,6H2;(H,2,3,4,5). The van der Waals surface area contributed by atoms with E-state index in [1.54, 1.807) is 0 Å². The first kappa shape index (κ1) is 15.4. The number of rotatable bonds is 2. The Morgan fingerprint density at radius 2 is 1.40 bits per heavy atom. The minimum absolute atomic E-state index is 0.828. The summed E-state index contributed by atoms with van der Waals surface area (Å²) < 4.78 is 34.0. The molecule has 0 bridgehead atoms. The van der Waals surface area contributed by atoms with Crippen molar-refractivity contribution in [3.05, 3.63) is 35.9 Å². The Labute approximate surface area is 100 Å². The van der Waals surface area contributed by atoms with Gasteiger partial charge in [0.05, 0.1) is 0 Å². The van der Waals surface area contributed by atoms with Gasteiger partial charge in [-0.1, -0.05) is 30.3 Å². The molecule has 4 nitrogen and oxygen atoms in total. The van der Waals surface area contributed by atoms with Crippen LogP contribution in [-0.4, -0.2) is 0 Å². The third-order valence-electron chi connectivity index (χ3n) is 1.18. The number of hydrogen-bond acceptors (Lipinski definition) is 4. The van der Waals surface area contributed by atoms with Gasteiger partial charge in [0.2, 0.25) is 6.63 Å². The lowest BCUT2D eigenvalue weighted by Crippen LogP contribution is -2.68. The first-order valence-electron chi connectivity index (χ1n) is 3.61. The Balaban J connectivity index is 0.000000336. The summed E-state index contributed by atoms with van der Waals surface area (Å²) in [5.41, 5.74) is 1.22. The molecule has 1 aromatic rings. The molecule has 0 fully saturated rings. The third kappa shape index (κ3) is 14.4. The summed E-state index contributed by atoms with van der Waals surface area (Å²) >= 11 is 11.4. The van der Waals surface area contributed by atoms with Crippen molar-refractivity contribution >= 4 is 29.1 Å². The molecule has 0 N–H and O–H groups in total. The van der Waals surface area contributed by atoms with Crippen LogP contribution in [0, 0.1) is 10.2 Å². The molecule has 0 amide bonds. The van der Waals surface area contributed by atoms with E-state index < -0.39 is 16.9 Å². The normalized spacial score (nSPS) is 10.9. The minimum atomic E-state index is -4.94. The summed E-state index contributed by atoms with van der Waals surface area (Å²) in [6.45, 7) is -1.14. The van der Waals surface area contributed by atoms with E-state index in [1.807, 2.05) is 30.3 Å². The van der Waals surface area contributed by atoms with Gasteiger partial charge in [0.15, 0.2) is 0 Å². The topological polar surface area (TPSA) is 92.2 Å². The van der Waals surface area contributed by atoms with Gasteiger partial charge in [-0.2, -0.15) is 0 Å². The van der Waals surface area contributed by atoms with E-state index >= 15 is 0 Å². The Morgan fingerprint density at radius 3 is 1.73 bits per heavy atom. The molecule has 0 spiro atoms. The van der Waals surface area contributed by atoms with Crippen molar-refractivity contribution in [3.63, 3.8) is 0 Å². The summed E-state index contributed by atoms with van der Waals surface area (Å²) in [7, 11) is -4.94. The molecule has 0 aromatic heterocycles. The highest BCUT2D eigenvalue weighted by Gasteiger charge is 2.07. The lowest BCUT2D eigenvalue weighted by atomic mass is 10.2. The van der Waals surface area contributed by atoms with Crippen molar-refractivity contribution in [1.82, 2.24) is 0 Å². The predicted molar refractivity (Wildman–Crippen MR) is 50.2 cm³/mol. The van der Waals surface area contributed by atoms with Crippen molar-refractivity contribution in [2.24, 2.45) is 0 Å². The third-order valence-corrected chi connectivity index (χ3v) is 2.66.